The van der Waals surface area contributed by atoms with E-state index in [9.17, 15) is 9.59 Å². The van der Waals surface area contributed by atoms with E-state index in [1.165, 1.54) is 0 Å². The van der Waals surface area contributed by atoms with Gasteiger partial charge in [-0.2, -0.15) is 0 Å². The van der Waals surface area contributed by atoms with E-state index < -0.39 is 0 Å². The van der Waals surface area contributed by atoms with Crippen molar-refractivity contribution in [3.63, 3.8) is 0 Å². The maximum atomic E-state index is 12.9. The molecule has 3 rings (SSSR count). The van der Waals surface area contributed by atoms with Crippen molar-refractivity contribution in [1.82, 2.24) is 10.6 Å². The zero-order valence-electron chi connectivity index (χ0n) is 14.1. The average Bonchev–Trinajstić information content (AvgIpc) is 2.67. The highest BCUT2D eigenvalue weighted by Gasteiger charge is 2.32. The molecule has 5 nitrogen and oxygen atoms in total. The van der Waals surface area contributed by atoms with E-state index in [1.807, 2.05) is 47.4 Å². The lowest BCUT2D eigenvalue weighted by Gasteiger charge is -2.37. The van der Waals surface area contributed by atoms with Gasteiger partial charge < -0.3 is 10.2 Å². The normalized spacial score (nSPS) is 16.2. The fraction of sp³-hybridized carbons (Fsp3) is 0.263. The highest BCUT2D eigenvalue weighted by atomic mass is 32.2. The number of rotatable bonds is 5. The second-order valence-electron chi connectivity index (χ2n) is 5.75. The number of nitrogens with one attached hydrogen (secondary N) is 2. The molecule has 0 radical (unpaired) electrons. The largest absolute Gasteiger partial charge is 0.358 e. The van der Waals surface area contributed by atoms with Crippen LogP contribution in [0.1, 0.15) is 11.6 Å². The van der Waals surface area contributed by atoms with E-state index in [1.54, 1.807) is 18.8 Å². The highest BCUT2D eigenvalue weighted by Crippen LogP contribution is 2.42. The minimum Gasteiger partial charge on any atom is -0.358 e. The average molecular weight is 355 g/mol. The van der Waals surface area contributed by atoms with Crippen LogP contribution in [0.25, 0.3) is 0 Å². The summed E-state index contributed by atoms with van der Waals surface area (Å²) < 4.78 is 0. The maximum Gasteiger partial charge on any atom is 0.241 e. The van der Waals surface area contributed by atoms with E-state index >= 15 is 0 Å². The van der Waals surface area contributed by atoms with Crippen LogP contribution in [0.5, 0.6) is 0 Å². The van der Waals surface area contributed by atoms with Crippen LogP contribution >= 0.6 is 11.8 Å². The predicted molar refractivity (Wildman–Crippen MR) is 101 cm³/mol. The van der Waals surface area contributed by atoms with Crippen molar-refractivity contribution in [2.75, 3.05) is 30.8 Å². The standard InChI is InChI=1S/C19H21N3O2S/c1-20-18(23)11-21-12-19(24)22-15-9-5-6-10-17(15)25-13-16(22)14-7-3-2-4-8-14/h2-10,16,21H,11-13H2,1H3,(H,20,23)/t16-/m1/s1. The Labute approximate surface area is 151 Å². The van der Waals surface area contributed by atoms with Gasteiger partial charge in [0.15, 0.2) is 0 Å². The zero-order chi connectivity index (χ0) is 17.6. The minimum atomic E-state index is -0.137. The van der Waals surface area contributed by atoms with Crippen LogP contribution < -0.4 is 15.5 Å². The molecular formula is C19H21N3O2S. The predicted octanol–water partition coefficient (Wildman–Crippen LogP) is 2.20. The fourth-order valence-electron chi connectivity index (χ4n) is 2.87. The molecule has 2 aromatic carbocycles. The van der Waals surface area contributed by atoms with Crippen LogP contribution in [0, 0.1) is 0 Å². The molecule has 0 aromatic heterocycles. The van der Waals surface area contributed by atoms with E-state index in [-0.39, 0.29) is 30.9 Å². The molecule has 0 saturated heterocycles. The first kappa shape index (κ1) is 17.5. The molecule has 2 N–H and O–H groups in total. The lowest BCUT2D eigenvalue weighted by atomic mass is 10.1. The van der Waals surface area contributed by atoms with Gasteiger partial charge in [0.25, 0.3) is 0 Å². The van der Waals surface area contributed by atoms with Gasteiger partial charge in [-0.3, -0.25) is 14.9 Å². The van der Waals surface area contributed by atoms with Crippen LogP contribution in [-0.4, -0.2) is 37.7 Å². The highest BCUT2D eigenvalue weighted by molar-refractivity contribution is 7.99. The number of para-hydroxylation sites is 1. The Morgan fingerprint density at radius 1 is 1.08 bits per heavy atom. The molecule has 0 saturated carbocycles. The Bertz CT molecular complexity index is 751. The molecule has 2 amide bonds. The molecule has 2 aromatic rings. The second kappa shape index (κ2) is 8.18. The van der Waals surface area contributed by atoms with Crippen LogP contribution in [0.4, 0.5) is 5.69 Å². The Hall–Kier alpha value is -2.31. The van der Waals surface area contributed by atoms with Crippen molar-refractivity contribution >= 4 is 29.3 Å². The molecule has 6 heteroatoms. The fourth-order valence-corrected chi connectivity index (χ4v) is 4.04. The summed E-state index contributed by atoms with van der Waals surface area (Å²) >= 11 is 1.77. The van der Waals surface area contributed by atoms with Crippen molar-refractivity contribution in [2.45, 2.75) is 10.9 Å². The molecule has 0 unspecified atom stereocenters. The van der Waals surface area contributed by atoms with Gasteiger partial charge in [-0.1, -0.05) is 42.5 Å². The lowest BCUT2D eigenvalue weighted by Crippen LogP contribution is -2.44. The smallest absolute Gasteiger partial charge is 0.241 e. The van der Waals surface area contributed by atoms with Gasteiger partial charge in [-0.05, 0) is 17.7 Å². The molecule has 1 aliphatic heterocycles. The van der Waals surface area contributed by atoms with E-state index in [0.29, 0.717) is 0 Å². The van der Waals surface area contributed by atoms with Crippen LogP contribution in [0.15, 0.2) is 59.5 Å². The summed E-state index contributed by atoms with van der Waals surface area (Å²) in [4.78, 5) is 27.3. The van der Waals surface area contributed by atoms with E-state index in [4.69, 9.17) is 0 Å². The van der Waals surface area contributed by atoms with Crippen LogP contribution in [0.2, 0.25) is 0 Å². The molecule has 25 heavy (non-hydrogen) atoms. The minimum absolute atomic E-state index is 0.0181. The summed E-state index contributed by atoms with van der Waals surface area (Å²) in [6.45, 7) is 0.248. The van der Waals surface area contributed by atoms with Crippen molar-refractivity contribution in [3.05, 3.63) is 60.2 Å². The summed E-state index contributed by atoms with van der Waals surface area (Å²) in [5.74, 6) is 0.634. The second-order valence-corrected chi connectivity index (χ2v) is 6.81. The number of fused-ring (bicyclic) bond motifs is 1. The number of likely N-dealkylation sites (N-methyl/N-ethyl adjacent to an activating group) is 1. The molecule has 0 fully saturated rings. The SMILES string of the molecule is CNC(=O)CNCC(=O)N1c2ccccc2SC[C@@H]1c1ccccc1. The number of carbonyl (C=O) groups is 2. The van der Waals surface area contributed by atoms with Gasteiger partial charge in [0, 0.05) is 17.7 Å². The van der Waals surface area contributed by atoms with Crippen LogP contribution in [-0.2, 0) is 9.59 Å². The number of amides is 2. The Balaban J connectivity index is 1.84. The van der Waals surface area contributed by atoms with E-state index in [0.717, 1.165) is 21.9 Å². The topological polar surface area (TPSA) is 61.4 Å². The first-order valence-corrected chi connectivity index (χ1v) is 9.19. The monoisotopic (exact) mass is 355 g/mol. The van der Waals surface area contributed by atoms with Gasteiger partial charge in [0.2, 0.25) is 11.8 Å². The third-order valence-corrected chi connectivity index (χ3v) is 5.27. The van der Waals surface area contributed by atoms with Crippen molar-refractivity contribution in [1.29, 1.82) is 0 Å². The zero-order valence-corrected chi connectivity index (χ0v) is 14.9. The van der Waals surface area contributed by atoms with Gasteiger partial charge in [-0.15, -0.1) is 11.8 Å². The molecule has 1 atom stereocenters. The summed E-state index contributed by atoms with van der Waals surface area (Å²) in [6, 6.07) is 18.0. The number of anilines is 1. The Morgan fingerprint density at radius 3 is 2.56 bits per heavy atom. The van der Waals surface area contributed by atoms with Crippen LogP contribution in [0.3, 0.4) is 0 Å². The molecule has 130 valence electrons. The number of hydrogen-bond donors (Lipinski definition) is 2. The van der Waals surface area contributed by atoms with Crippen molar-refractivity contribution in [3.8, 4) is 0 Å². The number of benzene rings is 2. The number of carbonyl (C=O) groups excluding carboxylic acids is 2. The Kier molecular flexibility index (Phi) is 5.73. The number of hydrogen-bond acceptors (Lipinski definition) is 4. The summed E-state index contributed by atoms with van der Waals surface area (Å²) in [7, 11) is 1.58. The van der Waals surface area contributed by atoms with E-state index in [2.05, 4.69) is 22.8 Å². The summed E-state index contributed by atoms with van der Waals surface area (Å²) in [5, 5.41) is 5.46. The number of thioether (sulfide) groups is 1. The van der Waals surface area contributed by atoms with Gasteiger partial charge in [0.1, 0.15) is 0 Å². The van der Waals surface area contributed by atoms with Gasteiger partial charge in [-0.25, -0.2) is 0 Å². The summed E-state index contributed by atoms with van der Waals surface area (Å²) in [6.07, 6.45) is 0. The molecule has 0 aliphatic carbocycles. The quantitative estimate of drug-likeness (QED) is 0.863. The molecule has 0 spiro atoms. The Morgan fingerprint density at radius 2 is 1.80 bits per heavy atom. The van der Waals surface area contributed by atoms with Gasteiger partial charge >= 0.3 is 0 Å². The third-order valence-electron chi connectivity index (χ3n) is 4.13. The molecule has 1 aliphatic rings. The first-order valence-electron chi connectivity index (χ1n) is 8.21. The van der Waals surface area contributed by atoms with Crippen molar-refractivity contribution in [2.24, 2.45) is 0 Å². The first-order chi connectivity index (χ1) is 12.2. The molecule has 1 heterocycles. The molecular weight excluding hydrogens is 334 g/mol. The summed E-state index contributed by atoms with van der Waals surface area (Å²) in [5.41, 5.74) is 2.04. The third kappa shape index (κ3) is 4.03. The van der Waals surface area contributed by atoms with Crippen molar-refractivity contribution < 1.29 is 9.59 Å². The number of nitrogens with zero attached hydrogens (tertiary/aromatic N) is 1. The lowest BCUT2D eigenvalue weighted by molar-refractivity contribution is -0.120. The maximum absolute atomic E-state index is 12.9. The van der Waals surface area contributed by atoms with Gasteiger partial charge in [0.05, 0.1) is 24.8 Å². The molecule has 0 bridgehead atoms.